The fourth-order valence-electron chi connectivity index (χ4n) is 1.96. The molecule has 0 amide bonds. The van der Waals surface area contributed by atoms with E-state index in [4.69, 9.17) is 0 Å². The first-order valence-corrected chi connectivity index (χ1v) is 8.94. The van der Waals surface area contributed by atoms with E-state index in [1.165, 1.54) is 38.2 Å². The Morgan fingerprint density at radius 1 is 1.05 bits per heavy atom. The number of hydrogen-bond acceptors (Lipinski definition) is 1. The molecule has 2 aliphatic carbocycles. The Kier molecular flexibility index (Phi) is 24.8. The number of rotatable bonds is 0. The molecule has 22 heavy (non-hydrogen) atoms. The fourth-order valence-corrected chi connectivity index (χ4v) is 3.08. The summed E-state index contributed by atoms with van der Waals surface area (Å²) in [4.78, 5) is 0. The predicted octanol–water partition coefficient (Wildman–Crippen LogP) is -1.02. The quantitative estimate of drug-likeness (QED) is 0.458. The van der Waals surface area contributed by atoms with E-state index in [1.54, 1.807) is 12.2 Å². The maximum atomic E-state index is 11.7. The first-order chi connectivity index (χ1) is 9.29. The minimum absolute atomic E-state index is 0. The third-order valence-corrected chi connectivity index (χ3v) is 4.62. The van der Waals surface area contributed by atoms with Crippen LogP contribution in [-0.2, 0) is 21.7 Å². The standard InChI is InChI=1S/C6H13Si.C5H5F.C5H6S.2ClH.Ti/c7-6-4-2-1-3-5-6;6-5-3-1-2-4-5;1-2-4-6-5-3-1;;;/h6H,1-5,7H2;1,3-4H,2H2;1-4H,5H2;2*1H;/q;;;;;+2/p-2. The van der Waals surface area contributed by atoms with Gasteiger partial charge in [0, 0.05) is 16.0 Å². The fraction of sp³-hybridized carbons (Fsp3) is 0.500. The monoisotopic (exact) mass is 413 g/mol. The van der Waals surface area contributed by atoms with Crippen LogP contribution in [0.3, 0.4) is 0 Å². The minimum Gasteiger partial charge on any atom is -1.00 e. The van der Waals surface area contributed by atoms with Crippen LogP contribution in [0.4, 0.5) is 4.39 Å². The normalized spacial score (nSPS) is 18.2. The average Bonchev–Trinajstić information content (AvgIpc) is 2.94. The molecule has 0 aromatic rings. The van der Waals surface area contributed by atoms with Gasteiger partial charge in [-0.25, -0.2) is 4.39 Å². The van der Waals surface area contributed by atoms with Crippen LogP contribution < -0.4 is 24.8 Å². The van der Waals surface area contributed by atoms with Crippen molar-refractivity contribution in [2.24, 2.45) is 0 Å². The van der Waals surface area contributed by atoms with Crippen LogP contribution in [0.2, 0.25) is 5.54 Å². The Bertz CT molecular complexity index is 339. The van der Waals surface area contributed by atoms with Gasteiger partial charge in [0.05, 0.1) is 0 Å². The summed E-state index contributed by atoms with van der Waals surface area (Å²) in [6, 6.07) is 0. The maximum Gasteiger partial charge on any atom is 2.00 e. The number of halogens is 3. The number of hydrogen-bond donors (Lipinski definition) is 0. The zero-order chi connectivity index (χ0) is 13.8. The molecule has 0 atom stereocenters. The van der Waals surface area contributed by atoms with Gasteiger partial charge in [0.1, 0.15) is 5.83 Å². The first-order valence-electron chi connectivity index (χ1n) is 7.07. The third-order valence-electron chi connectivity index (χ3n) is 3.07. The molecular formula is C16H24Cl2FSSiTi. The van der Waals surface area contributed by atoms with Crippen molar-refractivity contribution in [1.82, 2.24) is 0 Å². The first kappa shape index (κ1) is 27.6. The van der Waals surface area contributed by atoms with E-state index in [0.29, 0.717) is 0 Å². The topological polar surface area (TPSA) is 0 Å². The molecule has 1 heterocycles. The maximum absolute atomic E-state index is 11.7. The van der Waals surface area contributed by atoms with Crippen LogP contribution in [0.25, 0.3) is 0 Å². The molecule has 1 aliphatic heterocycles. The van der Waals surface area contributed by atoms with Crippen molar-refractivity contribution in [3.63, 3.8) is 0 Å². The van der Waals surface area contributed by atoms with Crippen molar-refractivity contribution in [2.45, 2.75) is 44.1 Å². The molecule has 0 aromatic carbocycles. The van der Waals surface area contributed by atoms with Crippen LogP contribution >= 0.6 is 11.8 Å². The molecule has 1 fully saturated rings. The van der Waals surface area contributed by atoms with E-state index in [-0.39, 0.29) is 52.4 Å². The summed E-state index contributed by atoms with van der Waals surface area (Å²) in [5, 5.41) is 2.10. The second-order valence-corrected chi connectivity index (χ2v) is 6.91. The van der Waals surface area contributed by atoms with Gasteiger partial charge in [0.15, 0.2) is 0 Å². The number of thioether (sulfide) groups is 1. The SMILES string of the molecule is C1=CCSC=C1.FC1=CCC=C1.[Cl-].[Cl-].[SiH2]C1CCCCC1.[Ti+2]. The van der Waals surface area contributed by atoms with E-state index < -0.39 is 0 Å². The second-order valence-electron chi connectivity index (χ2n) is 4.82. The van der Waals surface area contributed by atoms with Gasteiger partial charge in [-0.15, -0.1) is 11.8 Å². The Morgan fingerprint density at radius 3 is 1.91 bits per heavy atom. The molecule has 0 bridgehead atoms. The van der Waals surface area contributed by atoms with Crippen LogP contribution in [0.15, 0.2) is 47.7 Å². The van der Waals surface area contributed by atoms with Gasteiger partial charge in [-0.3, -0.25) is 0 Å². The molecule has 1 radical (unpaired) electrons. The summed E-state index contributed by atoms with van der Waals surface area (Å²) in [5.74, 6) is 1.05. The van der Waals surface area contributed by atoms with E-state index in [0.717, 1.165) is 17.7 Å². The summed E-state index contributed by atoms with van der Waals surface area (Å²) in [5.41, 5.74) is 1.06. The molecule has 0 nitrogen and oxygen atoms in total. The van der Waals surface area contributed by atoms with Crippen LogP contribution in [0, 0.1) is 0 Å². The van der Waals surface area contributed by atoms with E-state index >= 15 is 0 Å². The molecule has 0 saturated heterocycles. The largest absolute Gasteiger partial charge is 2.00 e. The zero-order valence-electron chi connectivity index (χ0n) is 12.8. The molecule has 0 aromatic heterocycles. The molecule has 123 valence electrons. The molecule has 0 N–H and O–H groups in total. The van der Waals surface area contributed by atoms with E-state index in [1.807, 2.05) is 17.8 Å². The van der Waals surface area contributed by atoms with Crippen molar-refractivity contribution in [1.29, 1.82) is 0 Å². The van der Waals surface area contributed by atoms with Gasteiger partial charge in [-0.2, -0.15) is 0 Å². The van der Waals surface area contributed by atoms with Gasteiger partial charge in [-0.1, -0.05) is 61.9 Å². The summed E-state index contributed by atoms with van der Waals surface area (Å²) in [6.07, 6.45) is 19.3. The molecule has 3 rings (SSSR count). The number of allylic oxidation sites excluding steroid dienone is 6. The average molecular weight is 414 g/mol. The summed E-state index contributed by atoms with van der Waals surface area (Å²) in [7, 11) is 2.18. The minimum atomic E-state index is -0.102. The third kappa shape index (κ3) is 17.1. The zero-order valence-corrected chi connectivity index (χ0v) is 18.1. The Morgan fingerprint density at radius 2 is 1.73 bits per heavy atom. The summed E-state index contributed by atoms with van der Waals surface area (Å²) < 4.78 is 11.7. The van der Waals surface area contributed by atoms with Gasteiger partial charge < -0.3 is 24.8 Å². The van der Waals surface area contributed by atoms with Gasteiger partial charge in [-0.05, 0) is 24.0 Å². The molecule has 1 saturated carbocycles. The Labute approximate surface area is 169 Å². The van der Waals surface area contributed by atoms with E-state index in [2.05, 4.69) is 27.8 Å². The Balaban J connectivity index is -0.000000231. The van der Waals surface area contributed by atoms with Gasteiger partial charge in [0.25, 0.3) is 0 Å². The molecular weight excluding hydrogens is 390 g/mol. The van der Waals surface area contributed by atoms with Crippen LogP contribution in [-0.4, -0.2) is 16.0 Å². The van der Waals surface area contributed by atoms with E-state index in [9.17, 15) is 4.39 Å². The molecule has 0 spiro atoms. The Hall–Kier alpha value is 0.751. The van der Waals surface area contributed by atoms with Crippen LogP contribution in [0.1, 0.15) is 38.5 Å². The predicted molar refractivity (Wildman–Crippen MR) is 89.1 cm³/mol. The smallest absolute Gasteiger partial charge is 1.00 e. The second kappa shape index (κ2) is 19.8. The summed E-state index contributed by atoms with van der Waals surface area (Å²) >= 11 is 1.83. The summed E-state index contributed by atoms with van der Waals surface area (Å²) in [6.45, 7) is 0. The van der Waals surface area contributed by atoms with Crippen molar-refractivity contribution < 1.29 is 50.9 Å². The molecule has 0 unspecified atom stereocenters. The van der Waals surface area contributed by atoms with Crippen molar-refractivity contribution in [3.8, 4) is 0 Å². The molecule has 6 heteroatoms. The van der Waals surface area contributed by atoms with Crippen molar-refractivity contribution >= 4 is 22.0 Å². The van der Waals surface area contributed by atoms with Crippen molar-refractivity contribution in [2.75, 3.05) is 5.75 Å². The van der Waals surface area contributed by atoms with Crippen LogP contribution in [0.5, 0.6) is 0 Å². The van der Waals surface area contributed by atoms with Gasteiger partial charge in [0.2, 0.25) is 0 Å². The van der Waals surface area contributed by atoms with Crippen molar-refractivity contribution in [3.05, 3.63) is 47.7 Å². The van der Waals surface area contributed by atoms with Gasteiger partial charge >= 0.3 is 21.7 Å². The molecule has 3 aliphatic rings.